The summed E-state index contributed by atoms with van der Waals surface area (Å²) in [5.74, 6) is -0.595. The van der Waals surface area contributed by atoms with Crippen molar-refractivity contribution in [1.29, 1.82) is 0 Å². The smallest absolute Gasteiger partial charge is 0.231 e. The highest BCUT2D eigenvalue weighted by Gasteiger charge is 2.37. The highest BCUT2D eigenvalue weighted by atomic mass is 16.7. The van der Waals surface area contributed by atoms with Gasteiger partial charge in [0.1, 0.15) is 0 Å². The van der Waals surface area contributed by atoms with Crippen LogP contribution in [0.5, 0.6) is 11.5 Å². The topological polar surface area (TPSA) is 102 Å². The molecule has 168 valence electrons. The summed E-state index contributed by atoms with van der Waals surface area (Å²) < 4.78 is 10.7. The number of carbonyl (C=O) groups is 4. The van der Waals surface area contributed by atoms with Crippen molar-refractivity contribution in [3.05, 3.63) is 82.9 Å². The second-order valence-electron chi connectivity index (χ2n) is 8.36. The molecule has 0 aromatic heterocycles. The van der Waals surface area contributed by atoms with Gasteiger partial charge in [0.2, 0.25) is 18.6 Å². The Kier molecular flexibility index (Phi) is 4.48. The molecule has 2 amide bonds. The van der Waals surface area contributed by atoms with Gasteiger partial charge in [0, 0.05) is 41.4 Å². The molecule has 0 radical (unpaired) electrons. The van der Waals surface area contributed by atoms with Crippen molar-refractivity contribution < 1.29 is 28.7 Å². The van der Waals surface area contributed by atoms with E-state index in [0.717, 1.165) is 0 Å². The lowest BCUT2D eigenvalue weighted by atomic mass is 9.83. The van der Waals surface area contributed by atoms with Crippen molar-refractivity contribution in [3.8, 4) is 11.5 Å². The predicted octanol–water partition coefficient (Wildman–Crippen LogP) is 3.18. The lowest BCUT2D eigenvalue weighted by Gasteiger charge is -2.21. The lowest BCUT2D eigenvalue weighted by molar-refractivity contribution is -0.122. The summed E-state index contributed by atoms with van der Waals surface area (Å²) in [4.78, 5) is 53.4. The first-order chi connectivity index (χ1) is 16.5. The van der Waals surface area contributed by atoms with Crippen LogP contribution in [-0.2, 0) is 9.59 Å². The molecule has 1 unspecified atom stereocenters. The molecular formula is C26H18N2O6. The Bertz CT molecular complexity index is 1410. The number of nitrogens with one attached hydrogen (secondary N) is 1. The number of rotatable bonds is 3. The molecule has 8 heteroatoms. The molecule has 34 heavy (non-hydrogen) atoms. The summed E-state index contributed by atoms with van der Waals surface area (Å²) in [6.45, 7) is 0.319. The summed E-state index contributed by atoms with van der Waals surface area (Å²) in [6, 6.07) is 16.7. The van der Waals surface area contributed by atoms with Crippen molar-refractivity contribution in [1.82, 2.24) is 0 Å². The number of benzene rings is 3. The number of ether oxygens (including phenoxy) is 2. The molecule has 0 saturated carbocycles. The molecule has 6 rings (SSSR count). The monoisotopic (exact) mass is 454 g/mol. The Morgan fingerprint density at radius 1 is 0.853 bits per heavy atom. The van der Waals surface area contributed by atoms with E-state index in [4.69, 9.17) is 9.47 Å². The molecule has 1 saturated heterocycles. The van der Waals surface area contributed by atoms with Crippen molar-refractivity contribution in [3.63, 3.8) is 0 Å². The molecule has 3 aromatic carbocycles. The number of anilines is 2. The summed E-state index contributed by atoms with van der Waals surface area (Å²) in [7, 11) is 0. The Balaban J connectivity index is 1.25. The van der Waals surface area contributed by atoms with Crippen LogP contribution in [0.3, 0.4) is 0 Å². The van der Waals surface area contributed by atoms with Gasteiger partial charge in [-0.1, -0.05) is 36.4 Å². The average molecular weight is 454 g/mol. The van der Waals surface area contributed by atoms with Crippen molar-refractivity contribution in [2.45, 2.75) is 6.42 Å². The molecule has 1 aliphatic carbocycles. The highest BCUT2D eigenvalue weighted by Crippen LogP contribution is 2.38. The molecule has 1 fully saturated rings. The van der Waals surface area contributed by atoms with Crippen LogP contribution >= 0.6 is 0 Å². The minimum absolute atomic E-state index is 0.0327. The van der Waals surface area contributed by atoms with Crippen LogP contribution in [0.2, 0.25) is 0 Å². The van der Waals surface area contributed by atoms with Gasteiger partial charge in [0.05, 0.1) is 17.2 Å². The molecule has 1 atom stereocenters. The molecule has 0 spiro atoms. The fourth-order valence-electron chi connectivity index (χ4n) is 4.67. The van der Waals surface area contributed by atoms with Crippen LogP contribution in [0.4, 0.5) is 11.4 Å². The van der Waals surface area contributed by atoms with Gasteiger partial charge in [-0.15, -0.1) is 0 Å². The standard InChI is InChI=1S/C26H18N2O6/c29-22-10-14(12-28(22)15-8-9-20-21(11-15)34-13-33-20)26(32)27-19-7-3-6-18-23(19)25(31)17-5-2-1-4-16(17)24(18)30/h1-9,11,14H,10,12-13H2,(H,27,32). The molecular weight excluding hydrogens is 436 g/mol. The second kappa shape index (κ2) is 7.55. The fourth-order valence-corrected chi connectivity index (χ4v) is 4.67. The number of hydrogen-bond acceptors (Lipinski definition) is 6. The van der Waals surface area contributed by atoms with E-state index in [1.165, 1.54) is 4.90 Å². The normalized spacial score (nSPS) is 18.1. The van der Waals surface area contributed by atoms with Crippen molar-refractivity contribution in [2.75, 3.05) is 23.6 Å². The van der Waals surface area contributed by atoms with Gasteiger partial charge in [-0.2, -0.15) is 0 Å². The van der Waals surface area contributed by atoms with Crippen LogP contribution in [0, 0.1) is 5.92 Å². The molecule has 0 bridgehead atoms. The largest absolute Gasteiger partial charge is 0.454 e. The maximum Gasteiger partial charge on any atom is 0.231 e. The number of carbonyl (C=O) groups excluding carboxylic acids is 4. The van der Waals surface area contributed by atoms with Crippen LogP contribution in [0.25, 0.3) is 0 Å². The maximum absolute atomic E-state index is 13.2. The number of amides is 2. The van der Waals surface area contributed by atoms with Gasteiger partial charge < -0.3 is 19.7 Å². The van der Waals surface area contributed by atoms with E-state index in [2.05, 4.69) is 5.32 Å². The SMILES string of the molecule is O=C1c2ccccc2C(=O)c2c(NC(=O)C3CC(=O)N(c4ccc5c(c4)OCO5)C3)cccc21. The third kappa shape index (κ3) is 3.07. The zero-order valence-corrected chi connectivity index (χ0v) is 17.9. The number of ketones is 2. The van der Waals surface area contributed by atoms with E-state index >= 15 is 0 Å². The van der Waals surface area contributed by atoms with E-state index in [-0.39, 0.29) is 60.0 Å². The van der Waals surface area contributed by atoms with Gasteiger partial charge in [0.15, 0.2) is 23.1 Å². The van der Waals surface area contributed by atoms with Gasteiger partial charge in [-0.05, 0) is 18.2 Å². The van der Waals surface area contributed by atoms with E-state index in [1.807, 2.05) is 0 Å². The van der Waals surface area contributed by atoms with Crippen molar-refractivity contribution >= 4 is 34.8 Å². The number of hydrogen-bond donors (Lipinski definition) is 1. The first kappa shape index (κ1) is 20.2. The minimum atomic E-state index is -0.615. The Morgan fingerprint density at radius 3 is 2.41 bits per heavy atom. The Hall–Kier alpha value is -4.46. The highest BCUT2D eigenvalue weighted by molar-refractivity contribution is 6.30. The Labute approximate surface area is 194 Å². The third-order valence-corrected chi connectivity index (χ3v) is 6.37. The molecule has 3 aromatic rings. The number of fused-ring (bicyclic) bond motifs is 3. The quantitative estimate of drug-likeness (QED) is 0.510. The van der Waals surface area contributed by atoms with Gasteiger partial charge >= 0.3 is 0 Å². The van der Waals surface area contributed by atoms with Gasteiger partial charge in [-0.25, -0.2) is 0 Å². The average Bonchev–Trinajstić information content (AvgIpc) is 3.48. The minimum Gasteiger partial charge on any atom is -0.454 e. The Morgan fingerprint density at radius 2 is 1.59 bits per heavy atom. The zero-order chi connectivity index (χ0) is 23.4. The molecule has 3 aliphatic rings. The van der Waals surface area contributed by atoms with E-state index in [9.17, 15) is 19.2 Å². The summed E-state index contributed by atoms with van der Waals surface area (Å²) >= 11 is 0. The van der Waals surface area contributed by atoms with Gasteiger partial charge in [-0.3, -0.25) is 19.2 Å². The van der Waals surface area contributed by atoms with E-state index < -0.39 is 5.92 Å². The molecule has 1 N–H and O–H groups in total. The predicted molar refractivity (Wildman–Crippen MR) is 121 cm³/mol. The van der Waals surface area contributed by atoms with Crippen LogP contribution in [-0.4, -0.2) is 36.7 Å². The first-order valence-corrected chi connectivity index (χ1v) is 10.8. The van der Waals surface area contributed by atoms with Crippen LogP contribution in [0.1, 0.15) is 38.3 Å². The number of nitrogens with zero attached hydrogens (tertiary/aromatic N) is 1. The maximum atomic E-state index is 13.2. The molecule has 2 aliphatic heterocycles. The molecule has 2 heterocycles. The van der Waals surface area contributed by atoms with Crippen molar-refractivity contribution in [2.24, 2.45) is 5.92 Å². The van der Waals surface area contributed by atoms with Crippen LogP contribution in [0.15, 0.2) is 60.7 Å². The fraction of sp³-hybridized carbons (Fsp3) is 0.154. The van der Waals surface area contributed by atoms with Crippen LogP contribution < -0.4 is 19.7 Å². The summed E-state index contributed by atoms with van der Waals surface area (Å²) in [5.41, 5.74) is 1.99. The summed E-state index contributed by atoms with van der Waals surface area (Å²) in [6.07, 6.45) is 0.0327. The molecule has 8 nitrogen and oxygen atoms in total. The van der Waals surface area contributed by atoms with E-state index in [0.29, 0.717) is 28.3 Å². The first-order valence-electron chi connectivity index (χ1n) is 10.8. The van der Waals surface area contributed by atoms with E-state index in [1.54, 1.807) is 60.7 Å². The third-order valence-electron chi connectivity index (χ3n) is 6.37. The second-order valence-corrected chi connectivity index (χ2v) is 8.36. The lowest BCUT2D eigenvalue weighted by Crippen LogP contribution is -2.29. The summed E-state index contributed by atoms with van der Waals surface area (Å²) in [5, 5.41) is 2.79. The van der Waals surface area contributed by atoms with Gasteiger partial charge in [0.25, 0.3) is 0 Å². The zero-order valence-electron chi connectivity index (χ0n) is 17.9.